The normalized spacial score (nSPS) is 11.9. The fourth-order valence-electron chi connectivity index (χ4n) is 4.53. The van der Waals surface area contributed by atoms with Gasteiger partial charge in [0.15, 0.2) is 0 Å². The molecule has 0 saturated heterocycles. The number of aryl methyl sites for hydroxylation is 2. The van der Waals surface area contributed by atoms with Crippen molar-refractivity contribution in [3.63, 3.8) is 0 Å². The van der Waals surface area contributed by atoms with Crippen molar-refractivity contribution in [2.45, 2.75) is 32.4 Å². The summed E-state index contributed by atoms with van der Waals surface area (Å²) >= 11 is 0. The average Bonchev–Trinajstić information content (AvgIpc) is 3.28. The second-order valence-corrected chi connectivity index (χ2v) is 8.87. The number of benzene rings is 4. The predicted molar refractivity (Wildman–Crippen MR) is 142 cm³/mol. The molecule has 1 aromatic heterocycles. The molecule has 0 radical (unpaired) electrons. The van der Waals surface area contributed by atoms with Gasteiger partial charge in [-0.15, -0.1) is 0 Å². The second-order valence-electron chi connectivity index (χ2n) is 8.87. The minimum Gasteiger partial charge on any atom is -0.346 e. The number of hydrogen-bond donors (Lipinski definition) is 1. The molecule has 1 atom stereocenters. The maximum absolute atomic E-state index is 12.9. The molecule has 1 heterocycles. The van der Waals surface area contributed by atoms with E-state index in [1.165, 1.54) is 11.1 Å². The van der Waals surface area contributed by atoms with Crippen LogP contribution in [0.3, 0.4) is 0 Å². The van der Waals surface area contributed by atoms with E-state index >= 15 is 0 Å². The van der Waals surface area contributed by atoms with E-state index in [2.05, 4.69) is 64.5 Å². The van der Waals surface area contributed by atoms with E-state index in [0.29, 0.717) is 6.42 Å². The Bertz CT molecular complexity index is 1410. The first-order valence-electron chi connectivity index (χ1n) is 12.1. The quantitative estimate of drug-likeness (QED) is 0.293. The first-order chi connectivity index (χ1) is 17.2. The van der Waals surface area contributed by atoms with Crippen LogP contribution in [-0.2, 0) is 24.2 Å². The molecular weight excluding hydrogens is 430 g/mol. The third-order valence-electron chi connectivity index (χ3n) is 6.34. The Hall–Kier alpha value is -4.18. The molecule has 0 saturated carbocycles. The molecule has 4 nitrogen and oxygen atoms in total. The number of para-hydroxylation sites is 2. The number of imidazole rings is 1. The van der Waals surface area contributed by atoms with Crippen LogP contribution in [-0.4, -0.2) is 15.5 Å². The van der Waals surface area contributed by atoms with Crippen molar-refractivity contribution in [1.29, 1.82) is 0 Å². The summed E-state index contributed by atoms with van der Waals surface area (Å²) in [6.45, 7) is 2.82. The molecule has 0 aliphatic rings. The van der Waals surface area contributed by atoms with Crippen molar-refractivity contribution in [2.75, 3.05) is 0 Å². The number of carbonyl (C=O) groups excluding carboxylic acids is 1. The van der Waals surface area contributed by atoms with E-state index in [-0.39, 0.29) is 11.9 Å². The minimum atomic E-state index is -0.200. The maximum atomic E-state index is 12.9. The van der Waals surface area contributed by atoms with Crippen molar-refractivity contribution < 1.29 is 4.79 Å². The number of hydrogen-bond acceptors (Lipinski definition) is 2. The lowest BCUT2D eigenvalue weighted by atomic mass is 10.0. The topological polar surface area (TPSA) is 46.9 Å². The van der Waals surface area contributed by atoms with Crippen molar-refractivity contribution >= 4 is 16.9 Å². The molecular formula is C31H29N3O. The van der Waals surface area contributed by atoms with Gasteiger partial charge in [0.2, 0.25) is 5.91 Å². The zero-order valence-electron chi connectivity index (χ0n) is 19.9. The molecule has 1 unspecified atom stereocenters. The lowest BCUT2D eigenvalue weighted by Gasteiger charge is -2.17. The van der Waals surface area contributed by atoms with Crippen LogP contribution in [0.4, 0.5) is 0 Å². The second kappa shape index (κ2) is 10.4. The number of nitrogens with zero attached hydrogens (tertiary/aromatic N) is 2. The summed E-state index contributed by atoms with van der Waals surface area (Å²) < 4.78 is 2.24. The molecule has 1 N–H and O–H groups in total. The van der Waals surface area contributed by atoms with E-state index in [9.17, 15) is 4.79 Å². The van der Waals surface area contributed by atoms with Crippen LogP contribution in [0.15, 0.2) is 109 Å². The molecule has 0 aliphatic heterocycles. The van der Waals surface area contributed by atoms with E-state index < -0.39 is 0 Å². The lowest BCUT2D eigenvalue weighted by molar-refractivity contribution is -0.121. The molecule has 0 fully saturated rings. The molecule has 5 rings (SSSR count). The van der Waals surface area contributed by atoms with Gasteiger partial charge in [-0.25, -0.2) is 4.98 Å². The van der Waals surface area contributed by atoms with E-state index in [1.54, 1.807) is 0 Å². The van der Waals surface area contributed by atoms with Gasteiger partial charge in [0.05, 0.1) is 23.5 Å². The van der Waals surface area contributed by atoms with Gasteiger partial charge in [0, 0.05) is 6.54 Å². The lowest BCUT2D eigenvalue weighted by Crippen LogP contribution is -2.30. The van der Waals surface area contributed by atoms with Crippen LogP contribution in [0.1, 0.15) is 29.9 Å². The molecule has 0 spiro atoms. The third-order valence-corrected chi connectivity index (χ3v) is 6.34. The summed E-state index contributed by atoms with van der Waals surface area (Å²) in [5, 5.41) is 3.17. The predicted octanol–water partition coefficient (Wildman–Crippen LogP) is 6.37. The summed E-state index contributed by atoms with van der Waals surface area (Å²) in [5.74, 6) is 0.876. The highest BCUT2D eigenvalue weighted by Crippen LogP contribution is 2.22. The molecule has 4 heteroatoms. The Morgan fingerprint density at radius 3 is 2.14 bits per heavy atom. The Balaban J connectivity index is 1.29. The largest absolute Gasteiger partial charge is 0.346 e. The van der Waals surface area contributed by atoms with Gasteiger partial charge < -0.3 is 9.88 Å². The highest BCUT2D eigenvalue weighted by molar-refractivity contribution is 5.80. The molecule has 35 heavy (non-hydrogen) atoms. The maximum Gasteiger partial charge on any atom is 0.224 e. The van der Waals surface area contributed by atoms with Crippen LogP contribution in [0.2, 0.25) is 0 Å². The number of fused-ring (bicyclic) bond motifs is 1. The number of amides is 1. The molecule has 174 valence electrons. The standard InChI is InChI=1S/C31H29N3O/c1-23(32-30(35)22-25-16-18-27(19-17-25)26-12-6-3-7-13-26)31-33-28-14-8-9-15-29(28)34(31)21-20-24-10-4-2-5-11-24/h2-19,23H,20-22H2,1H3,(H,32,35). The number of nitrogens with one attached hydrogen (secondary N) is 1. The van der Waals surface area contributed by atoms with Crippen LogP contribution in [0.5, 0.6) is 0 Å². The van der Waals surface area contributed by atoms with Crippen LogP contribution >= 0.6 is 0 Å². The van der Waals surface area contributed by atoms with Crippen molar-refractivity contribution in [3.8, 4) is 11.1 Å². The van der Waals surface area contributed by atoms with Gasteiger partial charge in [-0.1, -0.05) is 97.1 Å². The molecule has 4 aromatic carbocycles. The molecule has 5 aromatic rings. The van der Waals surface area contributed by atoms with Gasteiger partial charge in [-0.05, 0) is 47.7 Å². The van der Waals surface area contributed by atoms with Gasteiger partial charge in [-0.3, -0.25) is 4.79 Å². The number of aromatic nitrogens is 2. The highest BCUT2D eigenvalue weighted by Gasteiger charge is 2.18. The van der Waals surface area contributed by atoms with Crippen LogP contribution in [0.25, 0.3) is 22.2 Å². The highest BCUT2D eigenvalue weighted by atomic mass is 16.1. The van der Waals surface area contributed by atoms with E-state index in [0.717, 1.165) is 41.0 Å². The van der Waals surface area contributed by atoms with Gasteiger partial charge in [0.25, 0.3) is 0 Å². The van der Waals surface area contributed by atoms with Gasteiger partial charge in [-0.2, -0.15) is 0 Å². The minimum absolute atomic E-state index is 0.00775. The SMILES string of the molecule is CC(NC(=O)Cc1ccc(-c2ccccc2)cc1)c1nc2ccccc2n1CCc1ccccc1. The average molecular weight is 460 g/mol. The van der Waals surface area contributed by atoms with Gasteiger partial charge in [0.1, 0.15) is 5.82 Å². The monoisotopic (exact) mass is 459 g/mol. The molecule has 0 bridgehead atoms. The molecule has 0 aliphatic carbocycles. The Morgan fingerprint density at radius 1 is 0.771 bits per heavy atom. The summed E-state index contributed by atoms with van der Waals surface area (Å²) in [5.41, 5.74) is 6.64. The first kappa shape index (κ1) is 22.6. The fourth-order valence-corrected chi connectivity index (χ4v) is 4.53. The van der Waals surface area contributed by atoms with Gasteiger partial charge >= 0.3 is 0 Å². The van der Waals surface area contributed by atoms with E-state index in [4.69, 9.17) is 4.98 Å². The van der Waals surface area contributed by atoms with E-state index in [1.807, 2.05) is 61.5 Å². The fraction of sp³-hybridized carbons (Fsp3) is 0.161. The summed E-state index contributed by atoms with van der Waals surface area (Å²) in [6, 6.07) is 36.9. The molecule has 1 amide bonds. The van der Waals surface area contributed by atoms with Crippen molar-refractivity contribution in [2.24, 2.45) is 0 Å². The smallest absolute Gasteiger partial charge is 0.224 e. The van der Waals surface area contributed by atoms with Crippen LogP contribution < -0.4 is 5.32 Å². The number of rotatable bonds is 8. The Labute approximate surface area is 206 Å². The summed E-state index contributed by atoms with van der Waals surface area (Å²) in [7, 11) is 0. The first-order valence-corrected chi connectivity index (χ1v) is 12.1. The zero-order chi connectivity index (χ0) is 24.0. The third kappa shape index (κ3) is 5.33. The van der Waals surface area contributed by atoms with Crippen molar-refractivity contribution in [1.82, 2.24) is 14.9 Å². The Morgan fingerprint density at radius 2 is 1.40 bits per heavy atom. The van der Waals surface area contributed by atoms with Crippen LogP contribution in [0, 0.1) is 0 Å². The summed E-state index contributed by atoms with van der Waals surface area (Å²) in [6.07, 6.45) is 1.24. The Kier molecular flexibility index (Phi) is 6.71. The van der Waals surface area contributed by atoms with Crippen molar-refractivity contribution in [3.05, 3.63) is 126 Å². The zero-order valence-corrected chi connectivity index (χ0v) is 19.9. The number of carbonyl (C=O) groups is 1. The summed E-state index contributed by atoms with van der Waals surface area (Å²) in [4.78, 5) is 17.8.